The molecule has 2 aromatic rings. The molecule has 0 fully saturated rings. The summed E-state index contributed by atoms with van der Waals surface area (Å²) >= 11 is 0. The number of ether oxygens (including phenoxy) is 1. The van der Waals surface area contributed by atoms with Crippen LogP contribution in [0.25, 0.3) is 0 Å². The summed E-state index contributed by atoms with van der Waals surface area (Å²) in [6.07, 6.45) is 0. The lowest BCUT2D eigenvalue weighted by Gasteiger charge is -2.09. The number of hydrogen-bond donors (Lipinski definition) is 2. The standard InChI is InChI=1S/C14H12N2O5/c15-14(18)10-3-1-2-4-12(10)21-13-6-5-9(8-17)7-11(13)16(19)20/h1-7,17H,8H2,(H2,15,18). The van der Waals surface area contributed by atoms with E-state index in [1.807, 2.05) is 0 Å². The van der Waals surface area contributed by atoms with Gasteiger partial charge in [-0.25, -0.2) is 0 Å². The number of hydrogen-bond acceptors (Lipinski definition) is 5. The number of carbonyl (C=O) groups is 1. The fraction of sp³-hybridized carbons (Fsp3) is 0.0714. The number of nitrogens with zero attached hydrogens (tertiary/aromatic N) is 1. The van der Waals surface area contributed by atoms with E-state index < -0.39 is 10.8 Å². The summed E-state index contributed by atoms with van der Waals surface area (Å²) in [5.41, 5.74) is 5.43. The Morgan fingerprint density at radius 1 is 1.24 bits per heavy atom. The van der Waals surface area contributed by atoms with Gasteiger partial charge in [-0.05, 0) is 23.8 Å². The minimum absolute atomic E-state index is 0.0362. The van der Waals surface area contributed by atoms with Crippen molar-refractivity contribution in [3.05, 3.63) is 63.7 Å². The highest BCUT2D eigenvalue weighted by Gasteiger charge is 2.18. The summed E-state index contributed by atoms with van der Waals surface area (Å²) < 4.78 is 5.44. The molecule has 3 N–H and O–H groups in total. The predicted octanol–water partition coefficient (Wildman–Crippen LogP) is 1.98. The average molecular weight is 288 g/mol. The Labute approximate surface area is 119 Å². The van der Waals surface area contributed by atoms with Crippen molar-refractivity contribution in [2.24, 2.45) is 5.73 Å². The SMILES string of the molecule is NC(=O)c1ccccc1Oc1ccc(CO)cc1[N+](=O)[O-]. The van der Waals surface area contributed by atoms with E-state index in [0.717, 1.165) is 0 Å². The molecule has 108 valence electrons. The van der Waals surface area contributed by atoms with Gasteiger partial charge in [-0.15, -0.1) is 0 Å². The molecule has 2 rings (SSSR count). The van der Waals surface area contributed by atoms with Crippen molar-refractivity contribution in [2.75, 3.05) is 0 Å². The minimum atomic E-state index is -0.694. The van der Waals surface area contributed by atoms with Gasteiger partial charge in [0.15, 0.2) is 0 Å². The number of nitro benzene ring substituents is 1. The maximum Gasteiger partial charge on any atom is 0.311 e. The highest BCUT2D eigenvalue weighted by molar-refractivity contribution is 5.95. The molecule has 0 aliphatic carbocycles. The molecule has 7 heteroatoms. The Morgan fingerprint density at radius 2 is 1.95 bits per heavy atom. The lowest BCUT2D eigenvalue weighted by Crippen LogP contribution is -2.12. The third-order valence-corrected chi connectivity index (χ3v) is 2.78. The number of amides is 1. The maximum absolute atomic E-state index is 11.3. The van der Waals surface area contributed by atoms with E-state index >= 15 is 0 Å². The molecule has 0 heterocycles. The maximum atomic E-state index is 11.3. The van der Waals surface area contributed by atoms with Crippen LogP contribution in [0.1, 0.15) is 15.9 Å². The average Bonchev–Trinajstić information content (AvgIpc) is 2.47. The molecular formula is C14H12N2O5. The summed E-state index contributed by atoms with van der Waals surface area (Å²) in [5, 5.41) is 20.1. The molecule has 2 aromatic carbocycles. The number of benzene rings is 2. The summed E-state index contributed by atoms with van der Waals surface area (Å²) in [4.78, 5) is 21.7. The Morgan fingerprint density at radius 3 is 2.57 bits per heavy atom. The van der Waals surface area contributed by atoms with E-state index in [1.165, 1.54) is 30.3 Å². The third-order valence-electron chi connectivity index (χ3n) is 2.78. The van der Waals surface area contributed by atoms with Gasteiger partial charge in [0.05, 0.1) is 17.1 Å². The van der Waals surface area contributed by atoms with Gasteiger partial charge in [0, 0.05) is 6.07 Å². The summed E-state index contributed by atoms with van der Waals surface area (Å²) in [5.74, 6) is -0.601. The van der Waals surface area contributed by atoms with Gasteiger partial charge in [0.25, 0.3) is 5.91 Å². The smallest absolute Gasteiger partial charge is 0.311 e. The number of carbonyl (C=O) groups excluding carboxylic acids is 1. The van der Waals surface area contributed by atoms with E-state index in [1.54, 1.807) is 12.1 Å². The van der Waals surface area contributed by atoms with E-state index in [2.05, 4.69) is 0 Å². The molecule has 7 nitrogen and oxygen atoms in total. The molecule has 0 bridgehead atoms. The number of aliphatic hydroxyl groups is 1. The highest BCUT2D eigenvalue weighted by Crippen LogP contribution is 2.33. The van der Waals surface area contributed by atoms with Crippen molar-refractivity contribution in [1.82, 2.24) is 0 Å². The van der Waals surface area contributed by atoms with Crippen LogP contribution in [0.3, 0.4) is 0 Å². The number of aliphatic hydroxyl groups excluding tert-OH is 1. The molecule has 0 aliphatic rings. The van der Waals surface area contributed by atoms with Crippen LogP contribution in [0, 0.1) is 10.1 Å². The first-order valence-corrected chi connectivity index (χ1v) is 5.97. The zero-order chi connectivity index (χ0) is 15.4. The van der Waals surface area contributed by atoms with Crippen molar-refractivity contribution < 1.29 is 19.6 Å². The molecule has 0 aliphatic heterocycles. The van der Waals surface area contributed by atoms with Crippen molar-refractivity contribution in [3.63, 3.8) is 0 Å². The van der Waals surface area contributed by atoms with Crippen LogP contribution in [0.4, 0.5) is 5.69 Å². The van der Waals surface area contributed by atoms with Crippen molar-refractivity contribution in [3.8, 4) is 11.5 Å². The van der Waals surface area contributed by atoms with E-state index in [9.17, 15) is 14.9 Å². The lowest BCUT2D eigenvalue weighted by atomic mass is 10.1. The molecule has 0 spiro atoms. The van der Waals surface area contributed by atoms with Gasteiger partial charge < -0.3 is 15.6 Å². The second kappa shape index (κ2) is 6.02. The number of nitro groups is 1. The number of rotatable bonds is 5. The Bertz CT molecular complexity index is 700. The third kappa shape index (κ3) is 3.15. The second-order valence-electron chi connectivity index (χ2n) is 4.18. The summed E-state index contributed by atoms with van der Waals surface area (Å²) in [7, 11) is 0. The first-order valence-electron chi connectivity index (χ1n) is 5.97. The van der Waals surface area contributed by atoms with E-state index in [0.29, 0.717) is 5.56 Å². The van der Waals surface area contributed by atoms with Gasteiger partial charge >= 0.3 is 5.69 Å². The van der Waals surface area contributed by atoms with Crippen molar-refractivity contribution in [2.45, 2.75) is 6.61 Å². The van der Waals surface area contributed by atoms with Crippen LogP contribution in [0.2, 0.25) is 0 Å². The molecule has 0 atom stereocenters. The van der Waals surface area contributed by atoms with Gasteiger partial charge in [0.1, 0.15) is 5.75 Å². The van der Waals surface area contributed by atoms with Gasteiger partial charge in [-0.3, -0.25) is 14.9 Å². The van der Waals surface area contributed by atoms with Crippen molar-refractivity contribution in [1.29, 1.82) is 0 Å². The molecule has 0 radical (unpaired) electrons. The molecule has 0 aromatic heterocycles. The van der Waals surface area contributed by atoms with Gasteiger partial charge in [-0.2, -0.15) is 0 Å². The molecule has 0 unspecified atom stereocenters. The fourth-order valence-corrected chi connectivity index (χ4v) is 1.77. The molecular weight excluding hydrogens is 276 g/mol. The van der Waals surface area contributed by atoms with Crippen LogP contribution >= 0.6 is 0 Å². The first-order chi connectivity index (χ1) is 10.0. The zero-order valence-corrected chi connectivity index (χ0v) is 10.9. The van der Waals surface area contributed by atoms with Gasteiger partial charge in [-0.1, -0.05) is 18.2 Å². The number of nitrogens with two attached hydrogens (primary N) is 1. The van der Waals surface area contributed by atoms with Crippen LogP contribution in [0.15, 0.2) is 42.5 Å². The monoisotopic (exact) mass is 288 g/mol. The molecule has 0 saturated carbocycles. The lowest BCUT2D eigenvalue weighted by molar-refractivity contribution is -0.385. The van der Waals surface area contributed by atoms with Crippen LogP contribution in [-0.4, -0.2) is 15.9 Å². The van der Waals surface area contributed by atoms with Gasteiger partial charge in [0.2, 0.25) is 5.75 Å². The van der Waals surface area contributed by atoms with Crippen LogP contribution in [-0.2, 0) is 6.61 Å². The highest BCUT2D eigenvalue weighted by atomic mass is 16.6. The second-order valence-corrected chi connectivity index (χ2v) is 4.18. The Hall–Kier alpha value is -2.93. The predicted molar refractivity (Wildman–Crippen MR) is 74.1 cm³/mol. The fourth-order valence-electron chi connectivity index (χ4n) is 1.77. The van der Waals surface area contributed by atoms with Crippen LogP contribution in [0.5, 0.6) is 11.5 Å². The Kier molecular flexibility index (Phi) is 4.15. The normalized spacial score (nSPS) is 10.1. The van der Waals surface area contributed by atoms with Crippen molar-refractivity contribution >= 4 is 11.6 Å². The molecule has 21 heavy (non-hydrogen) atoms. The topological polar surface area (TPSA) is 116 Å². The quantitative estimate of drug-likeness (QED) is 0.644. The minimum Gasteiger partial charge on any atom is -0.449 e. The largest absolute Gasteiger partial charge is 0.449 e. The molecule has 1 amide bonds. The summed E-state index contributed by atoms with van der Waals surface area (Å²) in [6, 6.07) is 10.3. The van der Waals surface area contributed by atoms with E-state index in [4.69, 9.17) is 15.6 Å². The Balaban J connectivity index is 2.45. The van der Waals surface area contributed by atoms with Crippen LogP contribution < -0.4 is 10.5 Å². The zero-order valence-electron chi connectivity index (χ0n) is 10.9. The molecule has 0 saturated heterocycles. The first kappa shape index (κ1) is 14.5. The number of para-hydroxylation sites is 1. The summed E-state index contributed by atoms with van der Waals surface area (Å²) in [6.45, 7) is -0.320. The van der Waals surface area contributed by atoms with E-state index in [-0.39, 0.29) is 29.4 Å². The number of primary amides is 1.